The Morgan fingerprint density at radius 2 is 1.19 bits per heavy atom. The Hall–Kier alpha value is -3.09. The largest absolute Gasteiger partial charge is 0.548 e. The highest BCUT2D eigenvalue weighted by Gasteiger charge is 2.39. The molecular weight excluding hydrogens is 429 g/mol. The van der Waals surface area contributed by atoms with Gasteiger partial charge < -0.3 is 19.7 Å². The van der Waals surface area contributed by atoms with Gasteiger partial charge in [0.05, 0.1) is 17.6 Å². The normalized spacial score (nSPS) is 12.8. The van der Waals surface area contributed by atoms with Gasteiger partial charge in [-0.15, -0.1) is 0 Å². The van der Waals surface area contributed by atoms with Crippen LogP contribution in [0.15, 0.2) is 91.0 Å². The van der Waals surface area contributed by atoms with Crippen molar-refractivity contribution in [1.29, 1.82) is 0 Å². The fraction of sp³-hybridized carbons (Fsp3) is 0.167. The van der Waals surface area contributed by atoms with E-state index in [1.807, 2.05) is 91.0 Å². The molecule has 0 aliphatic rings. The number of benzene rings is 3. The number of carboxylic acids is 1. The summed E-state index contributed by atoms with van der Waals surface area (Å²) in [6.07, 6.45) is -1.67. The van der Waals surface area contributed by atoms with E-state index in [-0.39, 0.29) is 0 Å². The lowest BCUT2D eigenvalue weighted by Crippen LogP contribution is -2.56. The van der Waals surface area contributed by atoms with Crippen LogP contribution in [0.4, 0.5) is 0 Å². The Morgan fingerprint density at radius 3 is 1.50 bits per heavy atom. The molecule has 32 heavy (non-hydrogen) atoms. The van der Waals surface area contributed by atoms with Crippen LogP contribution < -0.4 is 10.4 Å². The van der Waals surface area contributed by atoms with Gasteiger partial charge in [-0.05, 0) is 16.7 Å². The van der Waals surface area contributed by atoms with Gasteiger partial charge in [0.15, 0.2) is 0 Å². The maximum atomic E-state index is 12.2. The van der Waals surface area contributed by atoms with E-state index in [1.54, 1.807) is 0 Å². The predicted molar refractivity (Wildman–Crippen MR) is 118 cm³/mol. The topological polar surface area (TPSA) is 127 Å². The van der Waals surface area contributed by atoms with Gasteiger partial charge in [-0.2, -0.15) is 0 Å². The number of nitrogens with one attached hydrogen (secondary N) is 1. The highest BCUT2D eigenvalue weighted by molar-refractivity contribution is 7.52. The van der Waals surface area contributed by atoms with Crippen LogP contribution >= 0.6 is 7.60 Å². The standard InChI is InChI=1S/C24H24NO6P/c26-21(17-32(29,30)31)16-22(23(27)28)25-24(18-10-4-1-5-11-18,19-12-6-2-7-13-19)20-14-8-3-9-15-20/h1-15,22,25H,16-17H2,(H,27,28)(H2,29,30,31)/p-1. The second kappa shape index (κ2) is 10.0. The van der Waals surface area contributed by atoms with E-state index in [1.165, 1.54) is 0 Å². The summed E-state index contributed by atoms with van der Waals surface area (Å²) in [6, 6.07) is 26.0. The van der Waals surface area contributed by atoms with Crippen molar-refractivity contribution in [3.05, 3.63) is 108 Å². The minimum absolute atomic E-state index is 0.637. The van der Waals surface area contributed by atoms with Gasteiger partial charge in [-0.3, -0.25) is 14.7 Å². The number of Topliss-reactive ketones (excluding diaryl/α,β-unsaturated/α-hetero) is 1. The van der Waals surface area contributed by atoms with Gasteiger partial charge in [0.1, 0.15) is 11.9 Å². The summed E-state index contributed by atoms with van der Waals surface area (Å²) >= 11 is 0. The summed E-state index contributed by atoms with van der Waals surface area (Å²) in [4.78, 5) is 42.5. The molecule has 0 saturated carbocycles. The quantitative estimate of drug-likeness (QED) is 0.316. The highest BCUT2D eigenvalue weighted by Crippen LogP contribution is 2.38. The first-order valence-electron chi connectivity index (χ1n) is 9.94. The van der Waals surface area contributed by atoms with E-state index in [0.29, 0.717) is 0 Å². The zero-order chi connectivity index (χ0) is 23.2. The van der Waals surface area contributed by atoms with Gasteiger partial charge in [0.25, 0.3) is 0 Å². The van der Waals surface area contributed by atoms with Crippen LogP contribution in [-0.4, -0.2) is 33.7 Å². The SMILES string of the molecule is O=C(CC(NC(c1ccccc1)(c1ccccc1)c1ccccc1)C(=O)[O-])CP(=O)(O)O. The fourth-order valence-electron chi connectivity index (χ4n) is 3.79. The average molecular weight is 452 g/mol. The summed E-state index contributed by atoms with van der Waals surface area (Å²) < 4.78 is 11.2. The van der Waals surface area contributed by atoms with Crippen LogP contribution in [-0.2, 0) is 19.7 Å². The Morgan fingerprint density at radius 1 is 0.812 bits per heavy atom. The molecule has 166 valence electrons. The monoisotopic (exact) mass is 452 g/mol. The van der Waals surface area contributed by atoms with Crippen LogP contribution in [0.5, 0.6) is 0 Å². The molecule has 0 aliphatic heterocycles. The second-order valence-electron chi connectivity index (χ2n) is 7.43. The van der Waals surface area contributed by atoms with Crippen LogP contribution in [0.1, 0.15) is 23.1 Å². The number of hydrogen-bond donors (Lipinski definition) is 3. The molecule has 3 aromatic rings. The Bertz CT molecular complexity index is 1000. The van der Waals surface area contributed by atoms with Crippen molar-refractivity contribution < 1.29 is 29.0 Å². The Kier molecular flexibility index (Phi) is 7.38. The number of aliphatic carboxylic acids is 1. The van der Waals surface area contributed by atoms with E-state index in [4.69, 9.17) is 9.79 Å². The lowest BCUT2D eigenvalue weighted by atomic mass is 9.76. The molecule has 0 aromatic heterocycles. The molecule has 3 aromatic carbocycles. The zero-order valence-electron chi connectivity index (χ0n) is 17.1. The number of carboxylic acid groups (broad SMARTS) is 1. The van der Waals surface area contributed by atoms with Gasteiger partial charge in [0, 0.05) is 6.42 Å². The summed E-state index contributed by atoms with van der Waals surface area (Å²) in [7, 11) is -4.62. The molecule has 0 bridgehead atoms. The van der Waals surface area contributed by atoms with Gasteiger partial charge in [-0.1, -0.05) is 91.0 Å². The third kappa shape index (κ3) is 5.58. The first-order chi connectivity index (χ1) is 15.2. The fourth-order valence-corrected chi connectivity index (χ4v) is 4.38. The molecule has 0 amide bonds. The maximum absolute atomic E-state index is 12.2. The first-order valence-corrected chi connectivity index (χ1v) is 11.7. The number of ketones is 1. The molecule has 0 fully saturated rings. The smallest absolute Gasteiger partial charge is 0.332 e. The van der Waals surface area contributed by atoms with Crippen LogP contribution in [0, 0.1) is 0 Å². The molecule has 7 nitrogen and oxygen atoms in total. The number of carbonyl (C=O) groups is 2. The lowest BCUT2D eigenvalue weighted by molar-refractivity contribution is -0.308. The van der Waals surface area contributed by atoms with E-state index in [0.717, 1.165) is 16.7 Å². The highest BCUT2D eigenvalue weighted by atomic mass is 31.2. The van der Waals surface area contributed by atoms with Gasteiger partial charge in [-0.25, -0.2) is 0 Å². The van der Waals surface area contributed by atoms with E-state index < -0.39 is 43.5 Å². The third-order valence-corrected chi connectivity index (χ3v) is 5.87. The van der Waals surface area contributed by atoms with Crippen molar-refractivity contribution in [2.24, 2.45) is 0 Å². The molecule has 0 aliphatic carbocycles. The molecule has 8 heteroatoms. The number of carbonyl (C=O) groups excluding carboxylic acids is 2. The number of rotatable bonds is 10. The Labute approximate surface area is 185 Å². The maximum Gasteiger partial charge on any atom is 0.332 e. The van der Waals surface area contributed by atoms with Crippen molar-refractivity contribution in [2.45, 2.75) is 18.0 Å². The van der Waals surface area contributed by atoms with Gasteiger partial charge >= 0.3 is 7.60 Å². The minimum atomic E-state index is -4.62. The Balaban J connectivity index is 2.16. The van der Waals surface area contributed by atoms with E-state index in [2.05, 4.69) is 5.32 Å². The summed E-state index contributed by atoms with van der Waals surface area (Å²) in [5.74, 6) is -2.42. The molecule has 1 atom stereocenters. The molecule has 1 unspecified atom stereocenters. The molecule has 0 saturated heterocycles. The number of hydrogen-bond acceptors (Lipinski definition) is 5. The van der Waals surface area contributed by atoms with Crippen molar-refractivity contribution in [3.63, 3.8) is 0 Å². The van der Waals surface area contributed by atoms with Crippen molar-refractivity contribution in [1.82, 2.24) is 5.32 Å². The molecule has 0 heterocycles. The molecule has 0 radical (unpaired) electrons. The van der Waals surface area contributed by atoms with Gasteiger partial charge in [0.2, 0.25) is 0 Å². The average Bonchev–Trinajstić information content (AvgIpc) is 2.77. The van der Waals surface area contributed by atoms with Crippen molar-refractivity contribution in [2.75, 3.05) is 6.16 Å². The minimum Gasteiger partial charge on any atom is -0.548 e. The summed E-state index contributed by atoms with van der Waals surface area (Å²) in [5, 5.41) is 15.1. The summed E-state index contributed by atoms with van der Waals surface area (Å²) in [6.45, 7) is 0. The second-order valence-corrected chi connectivity index (χ2v) is 9.08. The molecule has 3 N–H and O–H groups in total. The third-order valence-electron chi connectivity index (χ3n) is 5.11. The molecular formula is C24H23NO6P-. The first kappa shape index (κ1) is 23.6. The van der Waals surface area contributed by atoms with Crippen LogP contribution in [0.25, 0.3) is 0 Å². The summed E-state index contributed by atoms with van der Waals surface area (Å²) in [5.41, 5.74) is 1.01. The van der Waals surface area contributed by atoms with E-state index >= 15 is 0 Å². The predicted octanol–water partition coefficient (Wildman–Crippen LogP) is 1.82. The lowest BCUT2D eigenvalue weighted by Gasteiger charge is -2.40. The van der Waals surface area contributed by atoms with Crippen molar-refractivity contribution in [3.8, 4) is 0 Å². The van der Waals surface area contributed by atoms with Crippen molar-refractivity contribution >= 4 is 19.3 Å². The molecule has 3 rings (SSSR count). The van der Waals surface area contributed by atoms with Crippen LogP contribution in [0.3, 0.4) is 0 Å². The van der Waals surface area contributed by atoms with E-state index in [9.17, 15) is 19.3 Å². The zero-order valence-corrected chi connectivity index (χ0v) is 18.0. The molecule has 0 spiro atoms. The van der Waals surface area contributed by atoms with Crippen LogP contribution in [0.2, 0.25) is 0 Å².